The lowest BCUT2D eigenvalue weighted by atomic mass is 9.90. The molecule has 0 amide bonds. The van der Waals surface area contributed by atoms with Crippen molar-refractivity contribution in [3.63, 3.8) is 0 Å². The Hall–Kier alpha value is -1.29. The summed E-state index contributed by atoms with van der Waals surface area (Å²) in [6, 6.07) is 6.74. The average Bonchev–Trinajstić information content (AvgIpc) is 2.91. The van der Waals surface area contributed by atoms with Crippen LogP contribution in [0.5, 0.6) is 0 Å². The van der Waals surface area contributed by atoms with Crippen LogP contribution in [0.4, 0.5) is 13.2 Å². The second kappa shape index (κ2) is 6.22. The zero-order chi connectivity index (χ0) is 15.6. The molecule has 0 N–H and O–H groups in total. The van der Waals surface area contributed by atoms with E-state index in [0.717, 1.165) is 11.1 Å². The molecule has 0 radical (unpaired) electrons. The largest absolute Gasteiger partial charge is 0.416 e. The Bertz CT molecular complexity index is 583. The summed E-state index contributed by atoms with van der Waals surface area (Å²) in [5.74, 6) is 0.177. The van der Waals surface area contributed by atoms with Gasteiger partial charge >= 0.3 is 6.18 Å². The quantitative estimate of drug-likeness (QED) is 0.627. The van der Waals surface area contributed by atoms with Gasteiger partial charge in [0.15, 0.2) is 0 Å². The molecule has 2 aromatic rings. The molecule has 114 valence electrons. The van der Waals surface area contributed by atoms with Crippen molar-refractivity contribution in [3.8, 4) is 0 Å². The van der Waals surface area contributed by atoms with Crippen molar-refractivity contribution in [1.29, 1.82) is 0 Å². The molecule has 0 bridgehead atoms. The standard InChI is InChI=1S/C17H19F3S/c1-11(2)13-4-5-14(16(9-13)17(18,19)20)8-12(3)15-6-7-21-10-15/h4-7,9-12H,8H2,1-3H3. The van der Waals surface area contributed by atoms with Crippen LogP contribution in [0.2, 0.25) is 0 Å². The lowest BCUT2D eigenvalue weighted by Crippen LogP contribution is -2.12. The van der Waals surface area contributed by atoms with E-state index < -0.39 is 11.7 Å². The zero-order valence-electron chi connectivity index (χ0n) is 12.4. The highest BCUT2D eigenvalue weighted by molar-refractivity contribution is 7.07. The number of benzene rings is 1. The Morgan fingerprint density at radius 3 is 2.29 bits per heavy atom. The summed E-state index contributed by atoms with van der Waals surface area (Å²) in [7, 11) is 0. The predicted molar refractivity (Wildman–Crippen MR) is 82.0 cm³/mol. The summed E-state index contributed by atoms with van der Waals surface area (Å²) >= 11 is 1.57. The number of halogens is 3. The van der Waals surface area contributed by atoms with Crippen LogP contribution >= 0.6 is 11.3 Å². The molecular weight excluding hydrogens is 293 g/mol. The minimum Gasteiger partial charge on any atom is -0.166 e. The summed E-state index contributed by atoms with van der Waals surface area (Å²) in [6.45, 7) is 5.78. The maximum Gasteiger partial charge on any atom is 0.416 e. The number of rotatable bonds is 4. The third-order valence-electron chi connectivity index (χ3n) is 3.74. The number of hydrogen-bond acceptors (Lipinski definition) is 1. The van der Waals surface area contributed by atoms with Gasteiger partial charge in [-0.1, -0.05) is 32.9 Å². The Morgan fingerprint density at radius 1 is 1.05 bits per heavy atom. The molecule has 0 fully saturated rings. The monoisotopic (exact) mass is 312 g/mol. The molecular formula is C17H19F3S. The van der Waals surface area contributed by atoms with Gasteiger partial charge in [-0.3, -0.25) is 0 Å². The molecule has 0 aliphatic rings. The maximum absolute atomic E-state index is 13.3. The molecule has 0 aliphatic carbocycles. The first kappa shape index (κ1) is 16.1. The van der Waals surface area contributed by atoms with Crippen molar-refractivity contribution in [1.82, 2.24) is 0 Å². The van der Waals surface area contributed by atoms with E-state index in [1.54, 1.807) is 17.4 Å². The molecule has 0 aliphatic heterocycles. The van der Waals surface area contributed by atoms with Crippen LogP contribution in [0.15, 0.2) is 35.0 Å². The van der Waals surface area contributed by atoms with Crippen LogP contribution < -0.4 is 0 Å². The van der Waals surface area contributed by atoms with E-state index >= 15 is 0 Å². The van der Waals surface area contributed by atoms with Gasteiger partial charge in [0.2, 0.25) is 0 Å². The SMILES string of the molecule is CC(C)c1ccc(CC(C)c2ccsc2)c(C(F)(F)F)c1. The first-order valence-electron chi connectivity index (χ1n) is 7.01. The Kier molecular flexibility index (Phi) is 4.77. The molecule has 1 heterocycles. The number of thiophene rings is 1. The normalized spacial score (nSPS) is 13.7. The van der Waals surface area contributed by atoms with Gasteiger partial charge in [0.05, 0.1) is 5.56 Å². The lowest BCUT2D eigenvalue weighted by Gasteiger charge is -2.18. The highest BCUT2D eigenvalue weighted by Gasteiger charge is 2.34. The summed E-state index contributed by atoms with van der Waals surface area (Å²) in [4.78, 5) is 0. The van der Waals surface area contributed by atoms with Crippen molar-refractivity contribution in [2.75, 3.05) is 0 Å². The van der Waals surface area contributed by atoms with Crippen LogP contribution in [0, 0.1) is 0 Å². The fourth-order valence-corrected chi connectivity index (χ4v) is 3.18. The minimum absolute atomic E-state index is 0.0854. The van der Waals surface area contributed by atoms with E-state index in [1.807, 2.05) is 43.7 Å². The predicted octanol–water partition coefficient (Wildman–Crippen LogP) is 6.24. The second-order valence-corrected chi connectivity index (χ2v) is 6.51. The first-order chi connectivity index (χ1) is 9.79. The summed E-state index contributed by atoms with van der Waals surface area (Å²) in [5.41, 5.74) is 1.72. The van der Waals surface area contributed by atoms with E-state index in [0.29, 0.717) is 12.0 Å². The molecule has 1 atom stereocenters. The van der Waals surface area contributed by atoms with Gasteiger partial charge in [0.25, 0.3) is 0 Å². The first-order valence-corrected chi connectivity index (χ1v) is 7.95. The summed E-state index contributed by atoms with van der Waals surface area (Å²) < 4.78 is 39.9. The fourth-order valence-electron chi connectivity index (χ4n) is 2.40. The van der Waals surface area contributed by atoms with Crippen molar-refractivity contribution < 1.29 is 13.2 Å². The van der Waals surface area contributed by atoms with Gasteiger partial charge in [-0.2, -0.15) is 24.5 Å². The van der Waals surface area contributed by atoms with Crippen LogP contribution in [0.3, 0.4) is 0 Å². The average molecular weight is 312 g/mol. The van der Waals surface area contributed by atoms with Crippen LogP contribution in [-0.4, -0.2) is 0 Å². The molecule has 2 rings (SSSR count). The summed E-state index contributed by atoms with van der Waals surface area (Å²) in [6.07, 6.45) is -3.89. The van der Waals surface area contributed by atoms with E-state index in [9.17, 15) is 13.2 Å². The highest BCUT2D eigenvalue weighted by atomic mass is 32.1. The maximum atomic E-state index is 13.3. The van der Waals surface area contributed by atoms with Crippen molar-refractivity contribution >= 4 is 11.3 Å². The van der Waals surface area contributed by atoms with Gasteiger partial charge in [0.1, 0.15) is 0 Å². The van der Waals surface area contributed by atoms with Crippen molar-refractivity contribution in [3.05, 3.63) is 57.3 Å². The van der Waals surface area contributed by atoms with Crippen molar-refractivity contribution in [2.45, 2.75) is 45.2 Å². The second-order valence-electron chi connectivity index (χ2n) is 5.73. The molecule has 0 saturated heterocycles. The van der Waals surface area contributed by atoms with E-state index in [-0.39, 0.29) is 11.8 Å². The molecule has 21 heavy (non-hydrogen) atoms. The molecule has 0 saturated carbocycles. The zero-order valence-corrected chi connectivity index (χ0v) is 13.2. The topological polar surface area (TPSA) is 0 Å². The number of hydrogen-bond donors (Lipinski definition) is 0. The van der Waals surface area contributed by atoms with E-state index in [4.69, 9.17) is 0 Å². The Morgan fingerprint density at radius 2 is 1.76 bits per heavy atom. The molecule has 1 unspecified atom stereocenters. The third-order valence-corrected chi connectivity index (χ3v) is 4.45. The van der Waals surface area contributed by atoms with Gasteiger partial charge in [-0.05, 0) is 57.8 Å². The molecule has 4 heteroatoms. The molecule has 0 spiro atoms. The van der Waals surface area contributed by atoms with E-state index in [2.05, 4.69) is 0 Å². The fraction of sp³-hybridized carbons (Fsp3) is 0.412. The van der Waals surface area contributed by atoms with E-state index in [1.165, 1.54) is 6.07 Å². The smallest absolute Gasteiger partial charge is 0.166 e. The molecule has 1 aromatic carbocycles. The Labute approximate surface area is 127 Å². The number of alkyl halides is 3. The van der Waals surface area contributed by atoms with Gasteiger partial charge in [-0.15, -0.1) is 0 Å². The van der Waals surface area contributed by atoms with Crippen LogP contribution in [0.25, 0.3) is 0 Å². The highest BCUT2D eigenvalue weighted by Crippen LogP contribution is 2.36. The Balaban J connectivity index is 2.34. The van der Waals surface area contributed by atoms with Crippen molar-refractivity contribution in [2.24, 2.45) is 0 Å². The minimum atomic E-state index is -4.30. The summed E-state index contributed by atoms with van der Waals surface area (Å²) in [5, 5.41) is 3.96. The molecule has 0 nitrogen and oxygen atoms in total. The molecule has 1 aromatic heterocycles. The van der Waals surface area contributed by atoms with Crippen LogP contribution in [-0.2, 0) is 12.6 Å². The lowest BCUT2D eigenvalue weighted by molar-refractivity contribution is -0.138. The third kappa shape index (κ3) is 3.88. The van der Waals surface area contributed by atoms with Gasteiger partial charge < -0.3 is 0 Å². The van der Waals surface area contributed by atoms with Crippen LogP contribution in [0.1, 0.15) is 54.9 Å². The van der Waals surface area contributed by atoms with Gasteiger partial charge in [-0.25, -0.2) is 0 Å². The van der Waals surface area contributed by atoms with Gasteiger partial charge in [0, 0.05) is 0 Å².